The molecule has 1 aliphatic heterocycles. The number of hydrogen-bond donors (Lipinski definition) is 0. The molecule has 0 N–H and O–H groups in total. The summed E-state index contributed by atoms with van der Waals surface area (Å²) >= 11 is 14.5. The minimum Gasteiger partial charge on any atom is -0.492 e. The molecule has 3 rings (SSSR count). The van der Waals surface area contributed by atoms with Gasteiger partial charge in [0.05, 0.1) is 28.3 Å². The van der Waals surface area contributed by atoms with Crippen molar-refractivity contribution >= 4 is 63.7 Å². The molecule has 1 saturated heterocycles. The Labute approximate surface area is 239 Å². The lowest BCUT2D eigenvalue weighted by molar-refractivity contribution is 0.102. The standard InChI is InChI=1S/C19H20Br4O2.C8H16O/c1-5-24-17-13(7-11(20)9-15(17)22)19(3,4)14-8-12(21)10-16(23)18(14)25-6-2;1-2-3-5-8-6-4-7-9-8/h7-10H,5-6H2,1-4H3;8H,2-7H2,1H3. The normalized spacial score (nSPS) is 15.6. The van der Waals surface area contributed by atoms with E-state index in [0.29, 0.717) is 19.3 Å². The van der Waals surface area contributed by atoms with Crippen LogP contribution < -0.4 is 9.47 Å². The molecule has 0 amide bonds. The topological polar surface area (TPSA) is 27.7 Å². The summed E-state index contributed by atoms with van der Waals surface area (Å²) in [5, 5.41) is 0. The van der Waals surface area contributed by atoms with Crippen LogP contribution in [0.2, 0.25) is 0 Å². The van der Waals surface area contributed by atoms with Gasteiger partial charge in [-0.3, -0.25) is 0 Å². The largest absolute Gasteiger partial charge is 0.492 e. The van der Waals surface area contributed by atoms with Crippen LogP contribution >= 0.6 is 63.7 Å². The van der Waals surface area contributed by atoms with Crippen LogP contribution in [0, 0.1) is 0 Å². The van der Waals surface area contributed by atoms with Crippen molar-refractivity contribution < 1.29 is 14.2 Å². The average molecular weight is 728 g/mol. The van der Waals surface area contributed by atoms with Crippen molar-refractivity contribution in [3.05, 3.63) is 53.3 Å². The van der Waals surface area contributed by atoms with Crippen molar-refractivity contribution in [1.82, 2.24) is 0 Å². The monoisotopic (exact) mass is 724 g/mol. The molecule has 1 atom stereocenters. The number of benzene rings is 2. The highest BCUT2D eigenvalue weighted by Gasteiger charge is 2.32. The number of hydrogen-bond acceptors (Lipinski definition) is 3. The molecule has 7 heteroatoms. The molecule has 0 spiro atoms. The Hall–Kier alpha value is -0.0800. The SMILES string of the molecule is CCCCC1CCCO1.CCOc1c(Br)cc(Br)cc1C(C)(C)c1cc(Br)cc(Br)c1OCC. The molecular formula is C27H36Br4O3. The van der Waals surface area contributed by atoms with Gasteiger partial charge >= 0.3 is 0 Å². The van der Waals surface area contributed by atoms with Gasteiger partial charge in [-0.05, 0) is 89.2 Å². The summed E-state index contributed by atoms with van der Waals surface area (Å²) < 4.78 is 21.2. The highest BCUT2D eigenvalue weighted by atomic mass is 79.9. The van der Waals surface area contributed by atoms with E-state index in [9.17, 15) is 0 Å². The van der Waals surface area contributed by atoms with Gasteiger partial charge in [-0.25, -0.2) is 0 Å². The minimum absolute atomic E-state index is 0.340. The van der Waals surface area contributed by atoms with Gasteiger partial charge in [0.25, 0.3) is 0 Å². The molecule has 1 unspecified atom stereocenters. The number of rotatable bonds is 9. The summed E-state index contributed by atoms with van der Waals surface area (Å²) in [6.07, 6.45) is 7.14. The second-order valence-corrected chi connectivity index (χ2v) is 12.3. The van der Waals surface area contributed by atoms with Gasteiger partial charge in [0.2, 0.25) is 0 Å². The Morgan fingerprint density at radius 1 is 0.853 bits per heavy atom. The third kappa shape index (κ3) is 8.22. The zero-order valence-electron chi connectivity index (χ0n) is 20.8. The Morgan fingerprint density at radius 2 is 1.35 bits per heavy atom. The molecular weight excluding hydrogens is 692 g/mol. The van der Waals surface area contributed by atoms with E-state index in [-0.39, 0.29) is 5.41 Å². The van der Waals surface area contributed by atoms with E-state index in [1.54, 1.807) is 0 Å². The molecule has 34 heavy (non-hydrogen) atoms. The summed E-state index contributed by atoms with van der Waals surface area (Å²) in [6.45, 7) is 12.8. The van der Waals surface area contributed by atoms with Crippen LogP contribution in [0.4, 0.5) is 0 Å². The van der Waals surface area contributed by atoms with Crippen molar-refractivity contribution in [3.8, 4) is 11.5 Å². The van der Waals surface area contributed by atoms with E-state index < -0.39 is 0 Å². The summed E-state index contributed by atoms with van der Waals surface area (Å²) in [6, 6.07) is 8.23. The van der Waals surface area contributed by atoms with Crippen LogP contribution in [0.15, 0.2) is 42.2 Å². The second-order valence-electron chi connectivity index (χ2n) is 8.80. The second kappa shape index (κ2) is 14.6. The lowest BCUT2D eigenvalue weighted by Gasteiger charge is -2.31. The van der Waals surface area contributed by atoms with Gasteiger partial charge in [0.15, 0.2) is 0 Å². The van der Waals surface area contributed by atoms with E-state index >= 15 is 0 Å². The number of halogens is 4. The van der Waals surface area contributed by atoms with E-state index in [2.05, 4.69) is 96.6 Å². The van der Waals surface area contributed by atoms with Crippen LogP contribution in [0.3, 0.4) is 0 Å². The highest BCUT2D eigenvalue weighted by Crippen LogP contribution is 2.47. The van der Waals surface area contributed by atoms with E-state index in [1.165, 1.54) is 32.1 Å². The fraction of sp³-hybridized carbons (Fsp3) is 0.556. The molecule has 1 heterocycles. The molecule has 1 aliphatic rings. The molecule has 3 nitrogen and oxygen atoms in total. The highest BCUT2D eigenvalue weighted by molar-refractivity contribution is 9.11. The number of ether oxygens (including phenoxy) is 3. The maximum Gasteiger partial charge on any atom is 0.137 e. The minimum atomic E-state index is -0.340. The van der Waals surface area contributed by atoms with Crippen molar-refractivity contribution in [2.24, 2.45) is 0 Å². The first kappa shape index (κ1) is 30.1. The third-order valence-corrected chi connectivity index (χ3v) is 7.94. The lowest BCUT2D eigenvalue weighted by atomic mass is 9.77. The first-order valence-electron chi connectivity index (χ1n) is 12.0. The Balaban J connectivity index is 0.000000379. The van der Waals surface area contributed by atoms with E-state index in [0.717, 1.165) is 47.1 Å². The Bertz CT molecular complexity index is 861. The number of unbranched alkanes of at least 4 members (excludes halogenated alkanes) is 1. The molecule has 2 aromatic rings. The Morgan fingerprint density at radius 3 is 1.74 bits per heavy atom. The quantitative estimate of drug-likeness (QED) is 0.257. The van der Waals surface area contributed by atoms with Crippen molar-refractivity contribution in [3.63, 3.8) is 0 Å². The van der Waals surface area contributed by atoms with E-state index in [4.69, 9.17) is 14.2 Å². The molecule has 2 aromatic carbocycles. The van der Waals surface area contributed by atoms with Crippen LogP contribution in [-0.4, -0.2) is 25.9 Å². The van der Waals surface area contributed by atoms with E-state index in [1.807, 2.05) is 26.0 Å². The van der Waals surface area contributed by atoms with Crippen LogP contribution in [0.25, 0.3) is 0 Å². The van der Waals surface area contributed by atoms with Gasteiger partial charge < -0.3 is 14.2 Å². The van der Waals surface area contributed by atoms with Crippen LogP contribution in [-0.2, 0) is 10.2 Å². The summed E-state index contributed by atoms with van der Waals surface area (Å²) in [7, 11) is 0. The predicted octanol–water partition coefficient (Wildman–Crippen LogP) is 10.2. The van der Waals surface area contributed by atoms with Gasteiger partial charge in [-0.15, -0.1) is 0 Å². The molecule has 0 aliphatic carbocycles. The fourth-order valence-corrected chi connectivity index (χ4v) is 6.76. The summed E-state index contributed by atoms with van der Waals surface area (Å²) in [5.41, 5.74) is 1.83. The first-order valence-corrected chi connectivity index (χ1v) is 15.2. The maximum atomic E-state index is 5.96. The molecule has 0 aromatic heterocycles. The third-order valence-electron chi connectivity index (χ3n) is 5.84. The van der Waals surface area contributed by atoms with Crippen molar-refractivity contribution in [2.45, 2.75) is 78.2 Å². The molecule has 0 bridgehead atoms. The summed E-state index contributed by atoms with van der Waals surface area (Å²) in [4.78, 5) is 0. The Kier molecular flexibility index (Phi) is 13.0. The fourth-order valence-electron chi connectivity index (χ4n) is 4.08. The van der Waals surface area contributed by atoms with Gasteiger partial charge in [0.1, 0.15) is 11.5 Å². The smallest absolute Gasteiger partial charge is 0.137 e. The van der Waals surface area contributed by atoms with Gasteiger partial charge in [-0.1, -0.05) is 65.5 Å². The van der Waals surface area contributed by atoms with Crippen LogP contribution in [0.1, 0.15) is 77.8 Å². The van der Waals surface area contributed by atoms with Gasteiger partial charge in [0, 0.05) is 32.1 Å². The van der Waals surface area contributed by atoms with Crippen LogP contribution in [0.5, 0.6) is 11.5 Å². The molecule has 1 fully saturated rings. The van der Waals surface area contributed by atoms with Gasteiger partial charge in [-0.2, -0.15) is 0 Å². The first-order chi connectivity index (χ1) is 16.1. The predicted molar refractivity (Wildman–Crippen MR) is 157 cm³/mol. The summed E-state index contributed by atoms with van der Waals surface area (Å²) in [5.74, 6) is 1.71. The molecule has 190 valence electrons. The van der Waals surface area contributed by atoms with Crippen molar-refractivity contribution in [2.75, 3.05) is 19.8 Å². The molecule has 0 radical (unpaired) electrons. The van der Waals surface area contributed by atoms with Crippen molar-refractivity contribution in [1.29, 1.82) is 0 Å². The zero-order chi connectivity index (χ0) is 25.3. The average Bonchev–Trinajstić information content (AvgIpc) is 3.29. The lowest BCUT2D eigenvalue weighted by Crippen LogP contribution is -2.22. The maximum absolute atomic E-state index is 5.96. The molecule has 0 saturated carbocycles. The zero-order valence-corrected chi connectivity index (χ0v) is 27.1.